The molecule has 1 saturated heterocycles. The van der Waals surface area contributed by atoms with E-state index in [1.54, 1.807) is 30.3 Å². The van der Waals surface area contributed by atoms with Crippen LogP contribution in [0.25, 0.3) is 0 Å². The van der Waals surface area contributed by atoms with Crippen LogP contribution in [-0.2, 0) is 33.3 Å². The van der Waals surface area contributed by atoms with Gasteiger partial charge in [-0.25, -0.2) is 4.79 Å². The summed E-state index contributed by atoms with van der Waals surface area (Å²) in [5.74, 6) is -2.07. The largest absolute Gasteiger partial charge is 0.454 e. The van der Waals surface area contributed by atoms with Gasteiger partial charge in [-0.1, -0.05) is 18.2 Å². The summed E-state index contributed by atoms with van der Waals surface area (Å²) in [6.45, 7) is 2.15. The average molecular weight is 408 g/mol. The molecule has 1 heterocycles. The van der Waals surface area contributed by atoms with Crippen LogP contribution in [0.2, 0.25) is 0 Å². The number of ether oxygens (including phenoxy) is 5. The molecule has 0 spiro atoms. The van der Waals surface area contributed by atoms with Crippen molar-refractivity contribution in [1.29, 1.82) is 5.53 Å². The maximum absolute atomic E-state index is 12.6. The predicted octanol–water partition coefficient (Wildman–Crippen LogP) is 0.997. The fraction of sp³-hybridized carbons (Fsp3) is 0.500. The zero-order valence-corrected chi connectivity index (χ0v) is 16.1. The fourth-order valence-electron chi connectivity index (χ4n) is 2.89. The first-order chi connectivity index (χ1) is 13.9. The topological polar surface area (TPSA) is 148 Å². The number of methoxy groups -OCH3 is 1. The van der Waals surface area contributed by atoms with Gasteiger partial charge in [0.25, 0.3) is 0 Å². The van der Waals surface area contributed by atoms with Gasteiger partial charge >= 0.3 is 17.9 Å². The lowest BCUT2D eigenvalue weighted by Gasteiger charge is -2.43. The summed E-state index contributed by atoms with van der Waals surface area (Å²) >= 11 is 0. The Hall–Kier alpha value is -3.14. The maximum atomic E-state index is 12.6. The van der Waals surface area contributed by atoms with Gasteiger partial charge in [-0.3, -0.25) is 9.59 Å². The number of carbonyl (C=O) groups excluding carboxylic acids is 3. The third-order valence-corrected chi connectivity index (χ3v) is 4.01. The molecule has 29 heavy (non-hydrogen) atoms. The van der Waals surface area contributed by atoms with Gasteiger partial charge in [0.15, 0.2) is 31.1 Å². The maximum Gasteiger partial charge on any atom is 0.338 e. The number of esters is 3. The molecule has 1 aromatic carbocycles. The molecule has 5 atom stereocenters. The minimum Gasteiger partial charge on any atom is -0.454 e. The van der Waals surface area contributed by atoms with Crippen LogP contribution >= 0.6 is 0 Å². The van der Waals surface area contributed by atoms with Crippen LogP contribution in [0.5, 0.6) is 0 Å². The van der Waals surface area contributed by atoms with Gasteiger partial charge in [0, 0.05) is 21.0 Å². The van der Waals surface area contributed by atoms with E-state index in [-0.39, 0.29) is 12.1 Å². The molecule has 0 aromatic heterocycles. The van der Waals surface area contributed by atoms with Gasteiger partial charge in [-0.05, 0) is 12.1 Å². The highest BCUT2D eigenvalue weighted by atomic mass is 16.7. The Bertz CT molecular complexity index is 781. The molecule has 11 nitrogen and oxygen atoms in total. The average Bonchev–Trinajstić information content (AvgIpc) is 2.69. The summed E-state index contributed by atoms with van der Waals surface area (Å²) in [5, 5.41) is 3.57. The molecule has 1 aliphatic rings. The van der Waals surface area contributed by atoms with E-state index in [4.69, 9.17) is 29.2 Å². The van der Waals surface area contributed by atoms with Gasteiger partial charge in [0.1, 0.15) is 16.7 Å². The van der Waals surface area contributed by atoms with Gasteiger partial charge in [0.05, 0.1) is 5.56 Å². The Labute approximate surface area is 166 Å². The van der Waals surface area contributed by atoms with E-state index in [1.165, 1.54) is 14.0 Å². The van der Waals surface area contributed by atoms with Crippen molar-refractivity contribution in [2.45, 2.75) is 44.6 Å². The molecular formula is C18H22N3O8+. The number of nitrogens with zero attached hydrogens (tertiary/aromatic N) is 2. The number of hydrogen-bond donors (Lipinski definition) is 1. The lowest BCUT2D eigenvalue weighted by Crippen LogP contribution is -2.62. The molecule has 2 rings (SSSR count). The van der Waals surface area contributed by atoms with E-state index in [0.717, 1.165) is 6.92 Å². The van der Waals surface area contributed by atoms with E-state index in [2.05, 4.69) is 10.0 Å². The molecule has 5 unspecified atom stereocenters. The normalized spacial score (nSPS) is 26.0. The van der Waals surface area contributed by atoms with Crippen LogP contribution in [0.1, 0.15) is 24.2 Å². The number of rotatable bonds is 7. The number of nitrogens with one attached hydrogen (secondary N) is 1. The standard InChI is InChI=1S/C18H22N3O8/c1-10(22)26-15-14(29-17(24)12-7-5-4-6-8-12)13(9-20-21-19)28-18(25-3)16(15)27-11(2)23/h4-8,13-16,18-19H,9H2,1-3H3/q+1. The molecule has 0 bridgehead atoms. The highest BCUT2D eigenvalue weighted by Crippen LogP contribution is 2.30. The van der Waals surface area contributed by atoms with Crippen LogP contribution in [0.4, 0.5) is 0 Å². The lowest BCUT2D eigenvalue weighted by molar-refractivity contribution is -0.293. The summed E-state index contributed by atoms with van der Waals surface area (Å²) in [5.41, 5.74) is 7.12. The van der Waals surface area contributed by atoms with Crippen molar-refractivity contribution >= 4 is 17.9 Å². The summed E-state index contributed by atoms with van der Waals surface area (Å²) in [4.78, 5) is 38.8. The molecule has 0 radical (unpaired) electrons. The molecule has 1 fully saturated rings. The Morgan fingerprint density at radius 3 is 2.21 bits per heavy atom. The molecule has 156 valence electrons. The van der Waals surface area contributed by atoms with Crippen molar-refractivity contribution < 1.29 is 38.1 Å². The number of hydrogen-bond acceptors (Lipinski definition) is 10. The Morgan fingerprint density at radius 1 is 1.03 bits per heavy atom. The Kier molecular flexibility index (Phi) is 7.96. The Balaban J connectivity index is 2.40. The quantitative estimate of drug-likeness (QED) is 0.304. The van der Waals surface area contributed by atoms with Crippen molar-refractivity contribution in [3.8, 4) is 0 Å². The lowest BCUT2D eigenvalue weighted by atomic mass is 9.97. The molecule has 0 amide bonds. The summed E-state index contributed by atoms with van der Waals surface area (Å²) in [6.07, 6.45) is -5.72. The first kappa shape index (κ1) is 22.2. The van der Waals surface area contributed by atoms with E-state index in [0.29, 0.717) is 0 Å². The highest BCUT2D eigenvalue weighted by molar-refractivity contribution is 5.89. The molecule has 11 heteroatoms. The molecular weight excluding hydrogens is 386 g/mol. The van der Waals surface area contributed by atoms with E-state index in [9.17, 15) is 14.4 Å². The summed E-state index contributed by atoms with van der Waals surface area (Å²) in [6, 6.07) is 8.15. The molecule has 1 N–H and O–H groups in total. The monoisotopic (exact) mass is 408 g/mol. The minimum absolute atomic E-state index is 0.180. The predicted molar refractivity (Wildman–Crippen MR) is 94.6 cm³/mol. The summed E-state index contributed by atoms with van der Waals surface area (Å²) in [7, 11) is 1.31. The van der Waals surface area contributed by atoms with Gasteiger partial charge in [-0.15, -0.1) is 0 Å². The van der Waals surface area contributed by atoms with Crippen molar-refractivity contribution in [2.24, 2.45) is 5.11 Å². The smallest absolute Gasteiger partial charge is 0.338 e. The van der Waals surface area contributed by atoms with Crippen molar-refractivity contribution in [1.82, 2.24) is 4.91 Å². The number of carbonyl (C=O) groups is 3. The van der Waals surface area contributed by atoms with E-state index < -0.39 is 48.6 Å². The first-order valence-corrected chi connectivity index (χ1v) is 8.69. The minimum atomic E-state index is -1.23. The van der Waals surface area contributed by atoms with Crippen LogP contribution in [0, 0.1) is 5.53 Å². The molecule has 1 aliphatic heterocycles. The molecule has 0 saturated carbocycles. The van der Waals surface area contributed by atoms with Crippen LogP contribution < -0.4 is 4.91 Å². The van der Waals surface area contributed by atoms with Crippen LogP contribution in [0.15, 0.2) is 35.4 Å². The number of benzene rings is 1. The van der Waals surface area contributed by atoms with E-state index in [1.807, 2.05) is 0 Å². The fourth-order valence-corrected chi connectivity index (χ4v) is 2.89. The van der Waals surface area contributed by atoms with Gasteiger partial charge < -0.3 is 23.7 Å². The van der Waals surface area contributed by atoms with E-state index >= 15 is 0 Å². The van der Waals surface area contributed by atoms with Crippen LogP contribution in [0.3, 0.4) is 0 Å². The van der Waals surface area contributed by atoms with Crippen molar-refractivity contribution in [3.05, 3.63) is 35.9 Å². The van der Waals surface area contributed by atoms with Crippen molar-refractivity contribution in [3.63, 3.8) is 0 Å². The first-order valence-electron chi connectivity index (χ1n) is 8.69. The SMILES string of the molecule is COC1OC(CN=[N+]=N)C(OC(=O)c2ccccc2)C(OC(C)=O)C1OC(C)=O. The zero-order chi connectivity index (χ0) is 21.4. The third-order valence-electron chi connectivity index (χ3n) is 4.01. The van der Waals surface area contributed by atoms with Gasteiger partial charge in [0.2, 0.25) is 4.91 Å². The second-order valence-corrected chi connectivity index (χ2v) is 6.09. The second-order valence-electron chi connectivity index (χ2n) is 6.09. The second kappa shape index (κ2) is 10.4. The molecule has 1 aromatic rings. The van der Waals surface area contributed by atoms with Crippen LogP contribution in [-0.4, -0.2) is 62.3 Å². The zero-order valence-electron chi connectivity index (χ0n) is 16.1. The Morgan fingerprint density at radius 2 is 1.66 bits per heavy atom. The van der Waals surface area contributed by atoms with Crippen molar-refractivity contribution in [2.75, 3.05) is 13.7 Å². The van der Waals surface area contributed by atoms with Gasteiger partial charge in [-0.2, -0.15) is 0 Å². The summed E-state index contributed by atoms with van der Waals surface area (Å²) < 4.78 is 27.0. The molecule has 0 aliphatic carbocycles. The third kappa shape index (κ3) is 5.92. The highest BCUT2D eigenvalue weighted by Gasteiger charge is 2.52.